The maximum atomic E-state index is 11.6. The third kappa shape index (κ3) is 5.23. The van der Waals surface area contributed by atoms with Gasteiger partial charge in [0.2, 0.25) is 11.8 Å². The van der Waals surface area contributed by atoms with Crippen LogP contribution < -0.4 is 5.32 Å². The summed E-state index contributed by atoms with van der Waals surface area (Å²) < 4.78 is 0. The van der Waals surface area contributed by atoms with Crippen molar-refractivity contribution >= 4 is 24.4 Å². The lowest BCUT2D eigenvalue weighted by Gasteiger charge is -2.10. The number of carbonyl (C=O) groups excluding carboxylic acids is 2. The van der Waals surface area contributed by atoms with Crippen molar-refractivity contribution in [3.05, 3.63) is 29.8 Å². The van der Waals surface area contributed by atoms with Crippen molar-refractivity contribution in [3.8, 4) is 0 Å². The molecule has 0 saturated heterocycles. The third-order valence-electron chi connectivity index (χ3n) is 2.46. The SMILES string of the molecule is CN(C)C(=O)CCNC(=O)Cc1ccc(S)cc1. The Hall–Kier alpha value is -1.49. The standard InChI is InChI=1S/C13H18N2O2S/c1-15(2)13(17)7-8-14-12(16)9-10-3-5-11(18)6-4-10/h3-6,18H,7-9H2,1-2H3,(H,14,16). The smallest absolute Gasteiger partial charge is 0.224 e. The fraction of sp³-hybridized carbons (Fsp3) is 0.385. The third-order valence-corrected chi connectivity index (χ3v) is 2.76. The molecule has 0 aliphatic rings. The molecule has 0 atom stereocenters. The van der Waals surface area contributed by atoms with E-state index in [0.717, 1.165) is 10.5 Å². The first-order chi connectivity index (χ1) is 8.49. The molecule has 0 unspecified atom stereocenters. The Bertz CT molecular complexity index is 416. The summed E-state index contributed by atoms with van der Waals surface area (Å²) in [5.41, 5.74) is 0.934. The predicted octanol–water partition coefficient (Wildman–Crippen LogP) is 1.11. The lowest BCUT2D eigenvalue weighted by molar-refractivity contribution is -0.128. The number of benzene rings is 1. The quantitative estimate of drug-likeness (QED) is 0.785. The normalized spacial score (nSPS) is 9.94. The lowest BCUT2D eigenvalue weighted by atomic mass is 10.1. The summed E-state index contributed by atoms with van der Waals surface area (Å²) in [5.74, 6) is -0.0665. The summed E-state index contributed by atoms with van der Waals surface area (Å²) in [6, 6.07) is 7.43. The van der Waals surface area contributed by atoms with Gasteiger partial charge in [0.25, 0.3) is 0 Å². The molecule has 0 aliphatic heterocycles. The summed E-state index contributed by atoms with van der Waals surface area (Å²) >= 11 is 4.18. The molecule has 1 aromatic rings. The number of carbonyl (C=O) groups is 2. The zero-order valence-corrected chi connectivity index (χ0v) is 11.5. The fourth-order valence-corrected chi connectivity index (χ4v) is 1.54. The van der Waals surface area contributed by atoms with Gasteiger partial charge in [-0.1, -0.05) is 12.1 Å². The van der Waals surface area contributed by atoms with Crippen LogP contribution in [0.1, 0.15) is 12.0 Å². The van der Waals surface area contributed by atoms with Crippen molar-refractivity contribution < 1.29 is 9.59 Å². The molecular weight excluding hydrogens is 248 g/mol. The largest absolute Gasteiger partial charge is 0.355 e. The number of nitrogens with zero attached hydrogens (tertiary/aromatic N) is 1. The van der Waals surface area contributed by atoms with Gasteiger partial charge >= 0.3 is 0 Å². The maximum Gasteiger partial charge on any atom is 0.224 e. The van der Waals surface area contributed by atoms with Gasteiger partial charge in [-0.2, -0.15) is 0 Å². The molecule has 4 nitrogen and oxygen atoms in total. The number of amides is 2. The van der Waals surface area contributed by atoms with Gasteiger partial charge in [0.05, 0.1) is 6.42 Å². The van der Waals surface area contributed by atoms with Crippen LogP contribution in [-0.4, -0.2) is 37.4 Å². The summed E-state index contributed by atoms with van der Waals surface area (Å²) in [6.07, 6.45) is 0.651. The molecule has 0 heterocycles. The molecule has 0 aliphatic carbocycles. The van der Waals surface area contributed by atoms with E-state index in [1.54, 1.807) is 14.1 Å². The van der Waals surface area contributed by atoms with E-state index in [-0.39, 0.29) is 11.8 Å². The Kier molecular flexibility index (Phi) is 5.71. The molecule has 0 radical (unpaired) electrons. The van der Waals surface area contributed by atoms with E-state index in [1.807, 2.05) is 24.3 Å². The van der Waals surface area contributed by atoms with Crippen LogP contribution >= 0.6 is 12.6 Å². The van der Waals surface area contributed by atoms with E-state index in [9.17, 15) is 9.59 Å². The highest BCUT2D eigenvalue weighted by Crippen LogP contribution is 2.08. The molecule has 0 fully saturated rings. The zero-order chi connectivity index (χ0) is 13.5. The fourth-order valence-electron chi connectivity index (χ4n) is 1.39. The van der Waals surface area contributed by atoms with Gasteiger partial charge in [-0.25, -0.2) is 0 Å². The minimum absolute atomic E-state index is 0.00901. The van der Waals surface area contributed by atoms with E-state index < -0.39 is 0 Å². The Morgan fingerprint density at radius 2 is 1.83 bits per heavy atom. The number of nitrogens with one attached hydrogen (secondary N) is 1. The first-order valence-corrected chi connectivity index (χ1v) is 6.18. The van der Waals surface area contributed by atoms with Crippen molar-refractivity contribution in [3.63, 3.8) is 0 Å². The lowest BCUT2D eigenvalue weighted by Crippen LogP contribution is -2.31. The van der Waals surface area contributed by atoms with Crippen molar-refractivity contribution in [2.75, 3.05) is 20.6 Å². The molecule has 0 spiro atoms. The maximum absolute atomic E-state index is 11.6. The number of hydrogen-bond acceptors (Lipinski definition) is 3. The predicted molar refractivity (Wildman–Crippen MR) is 73.7 cm³/mol. The van der Waals surface area contributed by atoms with Gasteiger partial charge in [-0.15, -0.1) is 12.6 Å². The van der Waals surface area contributed by atoms with E-state index in [2.05, 4.69) is 17.9 Å². The summed E-state index contributed by atoms with van der Waals surface area (Å²) in [6.45, 7) is 0.375. The van der Waals surface area contributed by atoms with Gasteiger partial charge < -0.3 is 10.2 Å². The van der Waals surface area contributed by atoms with E-state index >= 15 is 0 Å². The Balaban J connectivity index is 2.30. The van der Waals surface area contributed by atoms with Crippen molar-refractivity contribution in [2.45, 2.75) is 17.7 Å². The summed E-state index contributed by atoms with van der Waals surface area (Å²) in [4.78, 5) is 25.3. The minimum atomic E-state index is -0.0755. The average Bonchev–Trinajstić information content (AvgIpc) is 2.32. The van der Waals surface area contributed by atoms with Gasteiger partial charge in [-0.3, -0.25) is 9.59 Å². The van der Waals surface area contributed by atoms with Crippen LogP contribution in [0.2, 0.25) is 0 Å². The van der Waals surface area contributed by atoms with Crippen LogP contribution in [0.4, 0.5) is 0 Å². The molecule has 0 aromatic heterocycles. The second kappa shape index (κ2) is 7.06. The van der Waals surface area contributed by atoms with Gasteiger partial charge in [0.1, 0.15) is 0 Å². The molecule has 98 valence electrons. The molecule has 0 bridgehead atoms. The van der Waals surface area contributed by atoms with Crippen LogP contribution in [0.3, 0.4) is 0 Å². The molecule has 2 amide bonds. The topological polar surface area (TPSA) is 49.4 Å². The van der Waals surface area contributed by atoms with Crippen LogP contribution in [0.5, 0.6) is 0 Å². The minimum Gasteiger partial charge on any atom is -0.355 e. The number of rotatable bonds is 5. The van der Waals surface area contributed by atoms with Crippen LogP contribution in [0.15, 0.2) is 29.2 Å². The van der Waals surface area contributed by atoms with Gasteiger partial charge in [-0.05, 0) is 17.7 Å². The second-order valence-electron chi connectivity index (χ2n) is 4.23. The molecule has 0 saturated carbocycles. The number of hydrogen-bond donors (Lipinski definition) is 2. The van der Waals surface area contributed by atoms with Crippen LogP contribution in [-0.2, 0) is 16.0 Å². The van der Waals surface area contributed by atoms with E-state index in [1.165, 1.54) is 4.90 Å². The van der Waals surface area contributed by atoms with Crippen molar-refractivity contribution in [2.24, 2.45) is 0 Å². The average molecular weight is 266 g/mol. The highest BCUT2D eigenvalue weighted by atomic mass is 32.1. The Labute approximate surface area is 113 Å². The highest BCUT2D eigenvalue weighted by Gasteiger charge is 2.06. The first kappa shape index (κ1) is 14.6. The van der Waals surface area contributed by atoms with E-state index in [0.29, 0.717) is 19.4 Å². The van der Waals surface area contributed by atoms with Crippen molar-refractivity contribution in [1.29, 1.82) is 0 Å². The first-order valence-electron chi connectivity index (χ1n) is 5.74. The van der Waals surface area contributed by atoms with Crippen LogP contribution in [0, 0.1) is 0 Å². The highest BCUT2D eigenvalue weighted by molar-refractivity contribution is 7.80. The molecular formula is C13H18N2O2S. The molecule has 18 heavy (non-hydrogen) atoms. The second-order valence-corrected chi connectivity index (χ2v) is 4.75. The zero-order valence-electron chi connectivity index (χ0n) is 10.6. The molecule has 1 N–H and O–H groups in total. The molecule has 5 heteroatoms. The van der Waals surface area contributed by atoms with Gasteiger partial charge in [0, 0.05) is 32.0 Å². The van der Waals surface area contributed by atoms with E-state index in [4.69, 9.17) is 0 Å². The molecule has 1 rings (SSSR count). The Morgan fingerprint density at radius 3 is 2.39 bits per heavy atom. The monoisotopic (exact) mass is 266 g/mol. The van der Waals surface area contributed by atoms with Crippen molar-refractivity contribution in [1.82, 2.24) is 10.2 Å². The summed E-state index contributed by atoms with van der Waals surface area (Å²) in [7, 11) is 3.40. The molecule has 1 aromatic carbocycles. The summed E-state index contributed by atoms with van der Waals surface area (Å²) in [5, 5.41) is 2.73. The van der Waals surface area contributed by atoms with Crippen LogP contribution in [0.25, 0.3) is 0 Å². The van der Waals surface area contributed by atoms with Gasteiger partial charge in [0.15, 0.2) is 0 Å². The number of thiol groups is 1. The Morgan fingerprint density at radius 1 is 1.22 bits per heavy atom.